The van der Waals surface area contributed by atoms with E-state index in [-0.39, 0.29) is 5.91 Å². The van der Waals surface area contributed by atoms with Crippen LogP contribution in [0.25, 0.3) is 0 Å². The van der Waals surface area contributed by atoms with Crippen LogP contribution in [0.5, 0.6) is 0 Å². The molecule has 1 aromatic rings. The monoisotopic (exact) mass is 193 g/mol. The number of amides is 1. The number of hydrogen-bond acceptors (Lipinski definition) is 2. The molecule has 3 nitrogen and oxygen atoms in total. The summed E-state index contributed by atoms with van der Waals surface area (Å²) in [4.78, 5) is 11.0. The van der Waals surface area contributed by atoms with Gasteiger partial charge in [0.25, 0.3) is 0 Å². The highest BCUT2D eigenvalue weighted by molar-refractivity contribution is 5.94. The maximum Gasteiger partial charge on any atom is 0.248 e. The van der Waals surface area contributed by atoms with Crippen molar-refractivity contribution >= 4 is 5.91 Å². The predicted molar refractivity (Wildman–Crippen MR) is 55.2 cm³/mol. The number of benzene rings is 1. The van der Waals surface area contributed by atoms with Crippen LogP contribution in [-0.2, 0) is 11.2 Å². The molecule has 1 amide bonds. The molecule has 0 bridgehead atoms. The van der Waals surface area contributed by atoms with Crippen LogP contribution in [0, 0.1) is 0 Å². The molecule has 3 heteroatoms. The van der Waals surface area contributed by atoms with Gasteiger partial charge in [0.1, 0.15) is 0 Å². The fraction of sp³-hybridized carbons (Fsp3) is 0.364. The van der Waals surface area contributed by atoms with Crippen molar-refractivity contribution in [1.29, 1.82) is 0 Å². The van der Waals surface area contributed by atoms with E-state index in [1.54, 1.807) is 13.2 Å². The van der Waals surface area contributed by atoms with E-state index >= 15 is 0 Å². The first-order valence-corrected chi connectivity index (χ1v) is 4.62. The second-order valence-electron chi connectivity index (χ2n) is 3.12. The molecule has 1 aromatic carbocycles. The van der Waals surface area contributed by atoms with Crippen LogP contribution in [0.1, 0.15) is 22.3 Å². The van der Waals surface area contributed by atoms with Gasteiger partial charge in [0.2, 0.25) is 5.91 Å². The van der Waals surface area contributed by atoms with Gasteiger partial charge in [-0.15, -0.1) is 0 Å². The molecule has 0 radical (unpaired) electrons. The van der Waals surface area contributed by atoms with Crippen LogP contribution < -0.4 is 5.73 Å². The number of methoxy groups -OCH3 is 1. The topological polar surface area (TPSA) is 52.3 Å². The average Bonchev–Trinajstić information content (AvgIpc) is 2.19. The SMILES string of the molecule is COCCCc1ccccc1C(N)=O. The van der Waals surface area contributed by atoms with Crippen molar-refractivity contribution in [2.24, 2.45) is 5.73 Å². The highest BCUT2D eigenvalue weighted by atomic mass is 16.5. The van der Waals surface area contributed by atoms with Gasteiger partial charge in [-0.05, 0) is 24.5 Å². The minimum Gasteiger partial charge on any atom is -0.385 e. The number of carbonyl (C=O) groups excluding carboxylic acids is 1. The molecular weight excluding hydrogens is 178 g/mol. The number of hydrogen-bond donors (Lipinski definition) is 1. The van der Waals surface area contributed by atoms with Crippen LogP contribution >= 0.6 is 0 Å². The third kappa shape index (κ3) is 2.85. The first-order chi connectivity index (χ1) is 6.75. The molecule has 0 atom stereocenters. The lowest BCUT2D eigenvalue weighted by Crippen LogP contribution is -2.13. The van der Waals surface area contributed by atoms with Gasteiger partial charge < -0.3 is 10.5 Å². The molecule has 2 N–H and O–H groups in total. The highest BCUT2D eigenvalue weighted by Crippen LogP contribution is 2.10. The Balaban J connectivity index is 2.69. The maximum absolute atomic E-state index is 11.0. The summed E-state index contributed by atoms with van der Waals surface area (Å²) in [6, 6.07) is 7.41. The number of rotatable bonds is 5. The Hall–Kier alpha value is -1.35. The van der Waals surface area contributed by atoms with E-state index in [2.05, 4.69) is 0 Å². The van der Waals surface area contributed by atoms with Gasteiger partial charge in [0.15, 0.2) is 0 Å². The van der Waals surface area contributed by atoms with E-state index in [1.807, 2.05) is 18.2 Å². The fourth-order valence-corrected chi connectivity index (χ4v) is 1.39. The third-order valence-corrected chi connectivity index (χ3v) is 2.08. The lowest BCUT2D eigenvalue weighted by molar-refractivity contribution is 0.0999. The molecule has 0 aliphatic carbocycles. The normalized spacial score (nSPS) is 10.1. The van der Waals surface area contributed by atoms with Gasteiger partial charge in [0, 0.05) is 19.3 Å². The largest absolute Gasteiger partial charge is 0.385 e. The Labute approximate surface area is 83.9 Å². The van der Waals surface area contributed by atoms with E-state index in [0.717, 1.165) is 18.4 Å². The summed E-state index contributed by atoms with van der Waals surface area (Å²) in [5.41, 5.74) is 6.86. The molecule has 0 aromatic heterocycles. The highest BCUT2D eigenvalue weighted by Gasteiger charge is 2.05. The minimum atomic E-state index is -0.363. The van der Waals surface area contributed by atoms with Crippen molar-refractivity contribution in [2.75, 3.05) is 13.7 Å². The Bertz CT molecular complexity index is 310. The van der Waals surface area contributed by atoms with Crippen molar-refractivity contribution in [3.63, 3.8) is 0 Å². The number of aryl methyl sites for hydroxylation is 1. The maximum atomic E-state index is 11.0. The Morgan fingerprint density at radius 2 is 2.14 bits per heavy atom. The van der Waals surface area contributed by atoms with Gasteiger partial charge >= 0.3 is 0 Å². The molecule has 0 saturated heterocycles. The lowest BCUT2D eigenvalue weighted by Gasteiger charge is -2.05. The first kappa shape index (κ1) is 10.7. The molecule has 0 aliphatic heterocycles. The van der Waals surface area contributed by atoms with E-state index in [0.29, 0.717) is 12.2 Å². The minimum absolute atomic E-state index is 0.363. The summed E-state index contributed by atoms with van der Waals surface area (Å²) in [5.74, 6) is -0.363. The molecule has 0 fully saturated rings. The summed E-state index contributed by atoms with van der Waals surface area (Å²) in [6.07, 6.45) is 1.73. The summed E-state index contributed by atoms with van der Waals surface area (Å²) in [5, 5.41) is 0. The van der Waals surface area contributed by atoms with Crippen molar-refractivity contribution in [1.82, 2.24) is 0 Å². The van der Waals surface area contributed by atoms with E-state index in [1.165, 1.54) is 0 Å². The predicted octanol–water partition coefficient (Wildman–Crippen LogP) is 1.36. The van der Waals surface area contributed by atoms with E-state index < -0.39 is 0 Å². The van der Waals surface area contributed by atoms with Gasteiger partial charge in [-0.1, -0.05) is 18.2 Å². The average molecular weight is 193 g/mol. The zero-order valence-electron chi connectivity index (χ0n) is 8.32. The van der Waals surface area contributed by atoms with Gasteiger partial charge in [-0.25, -0.2) is 0 Å². The van der Waals surface area contributed by atoms with Gasteiger partial charge in [-0.3, -0.25) is 4.79 Å². The summed E-state index contributed by atoms with van der Waals surface area (Å²) in [7, 11) is 1.67. The number of primary amides is 1. The molecule has 1 rings (SSSR count). The molecule has 0 unspecified atom stereocenters. The number of nitrogens with two attached hydrogens (primary N) is 1. The van der Waals surface area contributed by atoms with Gasteiger partial charge in [-0.2, -0.15) is 0 Å². The molecular formula is C11H15NO2. The smallest absolute Gasteiger partial charge is 0.248 e. The second-order valence-corrected chi connectivity index (χ2v) is 3.12. The van der Waals surface area contributed by atoms with Crippen LogP contribution in [0.2, 0.25) is 0 Å². The standard InChI is InChI=1S/C11H15NO2/c1-14-8-4-6-9-5-2-3-7-10(9)11(12)13/h2-3,5,7H,4,6,8H2,1H3,(H2,12,13). The molecule has 76 valence electrons. The van der Waals surface area contributed by atoms with Crippen LogP contribution in [-0.4, -0.2) is 19.6 Å². The Morgan fingerprint density at radius 1 is 1.43 bits per heavy atom. The van der Waals surface area contributed by atoms with Gasteiger partial charge in [0.05, 0.1) is 0 Å². The lowest BCUT2D eigenvalue weighted by atomic mass is 10.0. The van der Waals surface area contributed by atoms with Crippen molar-refractivity contribution in [3.8, 4) is 0 Å². The Morgan fingerprint density at radius 3 is 2.79 bits per heavy atom. The summed E-state index contributed by atoms with van der Waals surface area (Å²) >= 11 is 0. The Kier molecular flexibility index (Phi) is 4.13. The molecule has 0 heterocycles. The van der Waals surface area contributed by atoms with Crippen molar-refractivity contribution in [3.05, 3.63) is 35.4 Å². The third-order valence-electron chi connectivity index (χ3n) is 2.08. The van der Waals surface area contributed by atoms with Crippen LogP contribution in [0.15, 0.2) is 24.3 Å². The molecule has 0 spiro atoms. The van der Waals surface area contributed by atoms with E-state index in [4.69, 9.17) is 10.5 Å². The zero-order valence-corrected chi connectivity index (χ0v) is 8.32. The second kappa shape index (κ2) is 5.40. The zero-order chi connectivity index (χ0) is 10.4. The molecule has 0 saturated carbocycles. The molecule has 14 heavy (non-hydrogen) atoms. The number of ether oxygens (including phenoxy) is 1. The summed E-state index contributed by atoms with van der Waals surface area (Å²) in [6.45, 7) is 0.701. The quantitative estimate of drug-likeness (QED) is 0.718. The van der Waals surface area contributed by atoms with E-state index in [9.17, 15) is 4.79 Å². The molecule has 0 aliphatic rings. The number of carbonyl (C=O) groups is 1. The van der Waals surface area contributed by atoms with Crippen LogP contribution in [0.3, 0.4) is 0 Å². The summed E-state index contributed by atoms with van der Waals surface area (Å²) < 4.78 is 4.95. The van der Waals surface area contributed by atoms with Crippen LogP contribution in [0.4, 0.5) is 0 Å². The first-order valence-electron chi connectivity index (χ1n) is 4.62. The van der Waals surface area contributed by atoms with Crippen molar-refractivity contribution in [2.45, 2.75) is 12.8 Å². The van der Waals surface area contributed by atoms with Crippen molar-refractivity contribution < 1.29 is 9.53 Å². The fourth-order valence-electron chi connectivity index (χ4n) is 1.39.